The van der Waals surface area contributed by atoms with Gasteiger partial charge in [-0.15, -0.1) is 0 Å². The molecule has 124 valence electrons. The van der Waals surface area contributed by atoms with Gasteiger partial charge in [-0.1, -0.05) is 0 Å². The fraction of sp³-hybridized carbons (Fsp3) is 0.353. The van der Waals surface area contributed by atoms with E-state index >= 15 is 0 Å². The molecule has 1 aromatic carbocycles. The molecule has 3 N–H and O–H groups in total. The normalized spacial score (nSPS) is 11.3. The summed E-state index contributed by atoms with van der Waals surface area (Å²) in [6.07, 6.45) is 2.35. The lowest BCUT2D eigenvalue weighted by Gasteiger charge is -2.13. The Labute approximate surface area is 136 Å². The summed E-state index contributed by atoms with van der Waals surface area (Å²) in [6, 6.07) is 9.34. The number of aliphatic imine (C=N–C) groups is 1. The van der Waals surface area contributed by atoms with Crippen molar-refractivity contribution in [2.24, 2.45) is 10.7 Å². The van der Waals surface area contributed by atoms with Gasteiger partial charge in [-0.3, -0.25) is 4.99 Å². The number of hydrogen-bond acceptors (Lipinski definition) is 4. The highest BCUT2D eigenvalue weighted by atomic mass is 16.5. The van der Waals surface area contributed by atoms with Crippen molar-refractivity contribution in [3.63, 3.8) is 0 Å². The first-order chi connectivity index (χ1) is 11.2. The summed E-state index contributed by atoms with van der Waals surface area (Å²) in [5.74, 6) is 2.67. The zero-order chi connectivity index (χ0) is 16.5. The molecule has 0 atom stereocenters. The molecule has 6 heteroatoms. The van der Waals surface area contributed by atoms with Crippen LogP contribution in [-0.4, -0.2) is 25.7 Å². The van der Waals surface area contributed by atoms with Gasteiger partial charge in [0.05, 0.1) is 25.2 Å². The fourth-order valence-electron chi connectivity index (χ4n) is 2.06. The van der Waals surface area contributed by atoms with Gasteiger partial charge in [0, 0.05) is 19.0 Å². The van der Waals surface area contributed by atoms with Crippen LogP contribution in [0.5, 0.6) is 11.5 Å². The molecule has 2 aromatic rings. The third kappa shape index (κ3) is 5.25. The van der Waals surface area contributed by atoms with Crippen molar-refractivity contribution in [3.8, 4) is 11.5 Å². The maximum atomic E-state index is 5.95. The van der Waals surface area contributed by atoms with Gasteiger partial charge in [0.1, 0.15) is 17.3 Å². The van der Waals surface area contributed by atoms with Crippen molar-refractivity contribution in [3.05, 3.63) is 42.4 Å². The molecule has 2 rings (SSSR count). The Morgan fingerprint density at radius 2 is 2.04 bits per heavy atom. The predicted molar refractivity (Wildman–Crippen MR) is 91.3 cm³/mol. The number of benzene rings is 1. The van der Waals surface area contributed by atoms with Gasteiger partial charge < -0.3 is 24.9 Å². The molecule has 0 radical (unpaired) electrons. The molecule has 0 aliphatic carbocycles. The monoisotopic (exact) mass is 317 g/mol. The van der Waals surface area contributed by atoms with Gasteiger partial charge in [-0.2, -0.15) is 0 Å². The molecule has 0 aliphatic rings. The van der Waals surface area contributed by atoms with Gasteiger partial charge in [-0.05, 0) is 38.1 Å². The van der Waals surface area contributed by atoms with Gasteiger partial charge >= 0.3 is 0 Å². The molecule has 0 bridgehead atoms. The van der Waals surface area contributed by atoms with Crippen LogP contribution in [0.1, 0.15) is 19.6 Å². The van der Waals surface area contributed by atoms with Crippen LogP contribution in [0.2, 0.25) is 0 Å². The molecule has 0 fully saturated rings. The molecule has 1 aromatic heterocycles. The number of rotatable bonds is 8. The Balaban J connectivity index is 2.02. The van der Waals surface area contributed by atoms with E-state index < -0.39 is 0 Å². The molecular weight excluding hydrogens is 294 g/mol. The fourth-order valence-corrected chi connectivity index (χ4v) is 2.06. The number of furan rings is 1. The van der Waals surface area contributed by atoms with Gasteiger partial charge in [0.2, 0.25) is 0 Å². The number of anilines is 1. The van der Waals surface area contributed by atoms with Crippen molar-refractivity contribution < 1.29 is 13.9 Å². The average Bonchev–Trinajstić information content (AvgIpc) is 3.04. The second kappa shape index (κ2) is 8.73. The van der Waals surface area contributed by atoms with E-state index in [2.05, 4.69) is 10.3 Å². The van der Waals surface area contributed by atoms with E-state index in [1.54, 1.807) is 6.26 Å². The molecule has 1 heterocycles. The van der Waals surface area contributed by atoms with Crippen LogP contribution >= 0.6 is 0 Å². The van der Waals surface area contributed by atoms with Crippen molar-refractivity contribution in [2.75, 3.05) is 25.1 Å². The largest absolute Gasteiger partial charge is 0.494 e. The number of nitrogens with zero attached hydrogens (tertiary/aromatic N) is 1. The van der Waals surface area contributed by atoms with Crippen LogP contribution in [-0.2, 0) is 6.42 Å². The maximum absolute atomic E-state index is 5.95. The predicted octanol–water partition coefficient (Wildman–Crippen LogP) is 3.05. The lowest BCUT2D eigenvalue weighted by molar-refractivity contribution is 0.332. The highest BCUT2D eigenvalue weighted by molar-refractivity contribution is 5.94. The lowest BCUT2D eigenvalue weighted by Crippen LogP contribution is -2.23. The first-order valence-corrected chi connectivity index (χ1v) is 7.72. The second-order valence-corrected chi connectivity index (χ2v) is 4.75. The summed E-state index contributed by atoms with van der Waals surface area (Å²) in [5, 5.41) is 3.07. The van der Waals surface area contributed by atoms with Crippen molar-refractivity contribution in [1.29, 1.82) is 0 Å². The van der Waals surface area contributed by atoms with E-state index in [1.165, 1.54) is 0 Å². The van der Waals surface area contributed by atoms with E-state index in [9.17, 15) is 0 Å². The minimum Gasteiger partial charge on any atom is -0.494 e. The maximum Gasteiger partial charge on any atom is 0.193 e. The molecule has 0 unspecified atom stereocenters. The van der Waals surface area contributed by atoms with Crippen molar-refractivity contribution in [2.45, 2.75) is 20.3 Å². The molecule has 0 amide bonds. The number of ether oxygens (including phenoxy) is 2. The van der Waals surface area contributed by atoms with Gasteiger partial charge in [0.15, 0.2) is 5.96 Å². The molecule has 6 nitrogen and oxygen atoms in total. The lowest BCUT2D eigenvalue weighted by atomic mass is 10.2. The summed E-state index contributed by atoms with van der Waals surface area (Å²) >= 11 is 0. The summed E-state index contributed by atoms with van der Waals surface area (Å²) in [4.78, 5) is 4.30. The zero-order valence-corrected chi connectivity index (χ0v) is 13.5. The molecule has 0 spiro atoms. The Kier molecular flexibility index (Phi) is 6.35. The second-order valence-electron chi connectivity index (χ2n) is 4.75. The van der Waals surface area contributed by atoms with Crippen LogP contribution in [0, 0.1) is 0 Å². The number of guanidine groups is 1. The summed E-state index contributed by atoms with van der Waals surface area (Å²) < 4.78 is 16.4. The third-order valence-corrected chi connectivity index (χ3v) is 3.05. The van der Waals surface area contributed by atoms with E-state index in [0.717, 1.165) is 17.2 Å². The molecule has 0 saturated heterocycles. The van der Waals surface area contributed by atoms with Crippen LogP contribution < -0.4 is 20.5 Å². The first-order valence-electron chi connectivity index (χ1n) is 7.72. The van der Waals surface area contributed by atoms with Crippen molar-refractivity contribution in [1.82, 2.24) is 0 Å². The van der Waals surface area contributed by atoms with Crippen LogP contribution in [0.15, 0.2) is 46.0 Å². The number of nitrogens with two attached hydrogens (primary N) is 1. The Morgan fingerprint density at radius 3 is 2.74 bits per heavy atom. The Morgan fingerprint density at radius 1 is 1.22 bits per heavy atom. The zero-order valence-electron chi connectivity index (χ0n) is 13.5. The standard InChI is InChI=1S/C17H23N3O3/c1-3-21-14-7-8-16(22-4-2)15(12-14)20-17(18)19-10-9-13-6-5-11-23-13/h5-8,11-12H,3-4,9-10H2,1-2H3,(H3,18,19,20). The Hall–Kier alpha value is -2.63. The highest BCUT2D eigenvalue weighted by Crippen LogP contribution is 2.29. The summed E-state index contributed by atoms with van der Waals surface area (Å²) in [6.45, 7) is 5.58. The summed E-state index contributed by atoms with van der Waals surface area (Å²) in [7, 11) is 0. The smallest absolute Gasteiger partial charge is 0.193 e. The minimum atomic E-state index is 0.325. The third-order valence-electron chi connectivity index (χ3n) is 3.05. The molecular formula is C17H23N3O3. The Bertz CT molecular complexity index is 624. The van der Waals surface area contributed by atoms with Crippen LogP contribution in [0.25, 0.3) is 0 Å². The van der Waals surface area contributed by atoms with E-state index in [0.29, 0.717) is 37.9 Å². The van der Waals surface area contributed by atoms with Crippen molar-refractivity contribution >= 4 is 11.6 Å². The number of hydrogen-bond donors (Lipinski definition) is 2. The van der Waals surface area contributed by atoms with Crippen LogP contribution in [0.4, 0.5) is 5.69 Å². The number of nitrogens with one attached hydrogen (secondary N) is 1. The first kappa shape index (κ1) is 16.7. The highest BCUT2D eigenvalue weighted by Gasteiger charge is 2.07. The summed E-state index contributed by atoms with van der Waals surface area (Å²) in [5.41, 5.74) is 6.68. The average molecular weight is 317 g/mol. The molecule has 0 aliphatic heterocycles. The minimum absolute atomic E-state index is 0.325. The van der Waals surface area contributed by atoms with E-state index in [1.807, 2.05) is 44.2 Å². The topological polar surface area (TPSA) is 82.0 Å². The van der Waals surface area contributed by atoms with E-state index in [4.69, 9.17) is 19.6 Å². The molecule has 0 saturated carbocycles. The van der Waals surface area contributed by atoms with Crippen LogP contribution in [0.3, 0.4) is 0 Å². The quantitative estimate of drug-likeness (QED) is 0.577. The van der Waals surface area contributed by atoms with Gasteiger partial charge in [0.25, 0.3) is 0 Å². The van der Waals surface area contributed by atoms with E-state index in [-0.39, 0.29) is 0 Å². The molecule has 23 heavy (non-hydrogen) atoms. The van der Waals surface area contributed by atoms with Gasteiger partial charge in [-0.25, -0.2) is 0 Å². The SMILES string of the molecule is CCOc1ccc(OCC)c(NC(N)=NCCc2ccco2)c1.